The van der Waals surface area contributed by atoms with Crippen LogP contribution in [0, 0.1) is 6.92 Å². The normalized spacial score (nSPS) is 10.8. The third-order valence-electron chi connectivity index (χ3n) is 2.66. The maximum absolute atomic E-state index is 5.76. The summed E-state index contributed by atoms with van der Waals surface area (Å²) in [6, 6.07) is 14.2. The van der Waals surface area contributed by atoms with Gasteiger partial charge in [0, 0.05) is 11.6 Å². The number of oxazole rings is 1. The molecule has 2 aromatic heterocycles. The summed E-state index contributed by atoms with van der Waals surface area (Å²) in [4.78, 5) is 0. The van der Waals surface area contributed by atoms with Gasteiger partial charge in [-0.05, 0) is 13.0 Å². The van der Waals surface area contributed by atoms with Crippen molar-refractivity contribution >= 4 is 5.71 Å². The number of hydrogen-bond acceptors (Lipinski definition) is 1. The Bertz CT molecular complexity index is 590. The summed E-state index contributed by atoms with van der Waals surface area (Å²) in [5.41, 5.74) is 3.22. The molecule has 16 heavy (non-hydrogen) atoms. The SMILES string of the molecule is Cc1ccc(-c2c[n+]3ccccc3o2)cc1. The van der Waals surface area contributed by atoms with E-state index in [1.165, 1.54) is 5.56 Å². The molecular weight excluding hydrogens is 198 g/mol. The minimum Gasteiger partial charge on any atom is -0.398 e. The number of aromatic nitrogens is 1. The van der Waals surface area contributed by atoms with Crippen molar-refractivity contribution in [3.05, 3.63) is 60.4 Å². The predicted octanol–water partition coefficient (Wildman–Crippen LogP) is 2.99. The average Bonchev–Trinajstić information content (AvgIpc) is 2.73. The Morgan fingerprint density at radius 1 is 1.00 bits per heavy atom. The van der Waals surface area contributed by atoms with E-state index in [-0.39, 0.29) is 0 Å². The minimum atomic E-state index is 0.859. The molecule has 0 N–H and O–H groups in total. The van der Waals surface area contributed by atoms with Crippen LogP contribution in [0.15, 0.2) is 59.3 Å². The average molecular weight is 210 g/mol. The van der Waals surface area contributed by atoms with Crippen LogP contribution in [0.25, 0.3) is 17.0 Å². The van der Waals surface area contributed by atoms with Gasteiger partial charge in [-0.3, -0.25) is 0 Å². The second kappa shape index (κ2) is 3.49. The van der Waals surface area contributed by atoms with Crippen LogP contribution in [0.3, 0.4) is 0 Å². The molecule has 0 bridgehead atoms. The summed E-state index contributed by atoms with van der Waals surface area (Å²) in [7, 11) is 0. The standard InChI is InChI=1S/C14H12NO/c1-11-5-7-12(8-6-11)13-10-15-9-3-2-4-14(15)16-13/h2-10H,1H3/q+1. The van der Waals surface area contributed by atoms with Crippen molar-refractivity contribution in [1.29, 1.82) is 0 Å². The van der Waals surface area contributed by atoms with Crippen LogP contribution in [-0.4, -0.2) is 0 Å². The zero-order valence-electron chi connectivity index (χ0n) is 9.05. The van der Waals surface area contributed by atoms with E-state index < -0.39 is 0 Å². The van der Waals surface area contributed by atoms with Crippen LogP contribution in [0.5, 0.6) is 0 Å². The fourth-order valence-electron chi connectivity index (χ4n) is 1.75. The molecule has 2 heteroatoms. The van der Waals surface area contributed by atoms with Gasteiger partial charge >= 0.3 is 5.71 Å². The third-order valence-corrected chi connectivity index (χ3v) is 2.66. The van der Waals surface area contributed by atoms with Gasteiger partial charge in [-0.25, -0.2) is 0 Å². The Morgan fingerprint density at radius 3 is 2.56 bits per heavy atom. The molecule has 0 atom stereocenters. The van der Waals surface area contributed by atoms with Crippen LogP contribution < -0.4 is 4.40 Å². The highest BCUT2D eigenvalue weighted by molar-refractivity contribution is 5.57. The molecule has 3 aromatic rings. The highest BCUT2D eigenvalue weighted by atomic mass is 16.3. The Morgan fingerprint density at radius 2 is 1.81 bits per heavy atom. The minimum absolute atomic E-state index is 0.859. The van der Waals surface area contributed by atoms with E-state index in [4.69, 9.17) is 4.42 Å². The van der Waals surface area contributed by atoms with E-state index in [0.717, 1.165) is 17.0 Å². The molecule has 3 rings (SSSR count). The van der Waals surface area contributed by atoms with Gasteiger partial charge in [-0.15, -0.1) is 4.40 Å². The van der Waals surface area contributed by atoms with E-state index in [1.54, 1.807) is 0 Å². The first kappa shape index (κ1) is 9.16. The lowest BCUT2D eigenvalue weighted by atomic mass is 10.1. The van der Waals surface area contributed by atoms with Crippen molar-refractivity contribution < 1.29 is 8.82 Å². The first-order chi connectivity index (χ1) is 7.83. The zero-order valence-corrected chi connectivity index (χ0v) is 9.05. The van der Waals surface area contributed by atoms with Crippen molar-refractivity contribution in [2.75, 3.05) is 0 Å². The van der Waals surface area contributed by atoms with Gasteiger partial charge in [0.25, 0.3) is 0 Å². The van der Waals surface area contributed by atoms with E-state index in [9.17, 15) is 0 Å². The molecule has 2 heterocycles. The molecule has 78 valence electrons. The summed E-state index contributed by atoms with van der Waals surface area (Å²) >= 11 is 0. The Hall–Kier alpha value is -2.09. The fraction of sp³-hybridized carbons (Fsp3) is 0.0714. The van der Waals surface area contributed by atoms with Gasteiger partial charge in [0.1, 0.15) is 0 Å². The zero-order chi connectivity index (χ0) is 11.0. The van der Waals surface area contributed by atoms with Gasteiger partial charge in [0.05, 0.1) is 6.07 Å². The van der Waals surface area contributed by atoms with Crippen LogP contribution in [0.4, 0.5) is 0 Å². The molecule has 0 aliphatic heterocycles. The number of nitrogens with zero attached hydrogens (tertiary/aromatic N) is 1. The maximum atomic E-state index is 5.76. The van der Waals surface area contributed by atoms with Gasteiger partial charge in [-0.2, -0.15) is 0 Å². The molecule has 0 fully saturated rings. The van der Waals surface area contributed by atoms with Gasteiger partial charge in [0.15, 0.2) is 6.20 Å². The van der Waals surface area contributed by atoms with Crippen LogP contribution >= 0.6 is 0 Å². The summed E-state index contributed by atoms with van der Waals surface area (Å²) in [5.74, 6) is 0.895. The van der Waals surface area contributed by atoms with Crippen molar-refractivity contribution in [2.24, 2.45) is 0 Å². The Labute approximate surface area is 93.8 Å². The lowest BCUT2D eigenvalue weighted by Crippen LogP contribution is -2.15. The lowest BCUT2D eigenvalue weighted by molar-refractivity contribution is -0.513. The van der Waals surface area contributed by atoms with Crippen LogP contribution in [0.2, 0.25) is 0 Å². The van der Waals surface area contributed by atoms with Crippen LogP contribution in [-0.2, 0) is 0 Å². The van der Waals surface area contributed by atoms with Crippen molar-refractivity contribution in [3.63, 3.8) is 0 Å². The Balaban J connectivity index is 2.15. The number of pyridine rings is 1. The first-order valence-corrected chi connectivity index (χ1v) is 5.30. The number of rotatable bonds is 1. The quantitative estimate of drug-likeness (QED) is 0.564. The van der Waals surface area contributed by atoms with E-state index in [0.29, 0.717) is 0 Å². The van der Waals surface area contributed by atoms with Crippen molar-refractivity contribution in [1.82, 2.24) is 0 Å². The molecule has 0 spiro atoms. The van der Waals surface area contributed by atoms with Crippen molar-refractivity contribution in [3.8, 4) is 11.3 Å². The van der Waals surface area contributed by atoms with E-state index in [2.05, 4.69) is 31.2 Å². The van der Waals surface area contributed by atoms with E-state index in [1.807, 2.05) is 35.0 Å². The largest absolute Gasteiger partial charge is 0.398 e. The lowest BCUT2D eigenvalue weighted by Gasteiger charge is -1.93. The van der Waals surface area contributed by atoms with E-state index >= 15 is 0 Å². The first-order valence-electron chi connectivity index (χ1n) is 5.30. The molecule has 0 saturated heterocycles. The molecule has 0 aliphatic rings. The number of aryl methyl sites for hydroxylation is 1. The van der Waals surface area contributed by atoms with Crippen molar-refractivity contribution in [2.45, 2.75) is 6.92 Å². The topological polar surface area (TPSA) is 17.2 Å². The maximum Gasteiger partial charge on any atom is 0.379 e. The molecule has 0 aliphatic carbocycles. The Kier molecular flexibility index (Phi) is 2.00. The summed E-state index contributed by atoms with van der Waals surface area (Å²) in [6.07, 6.45) is 3.98. The molecular formula is C14H12NO+. The van der Waals surface area contributed by atoms with Gasteiger partial charge < -0.3 is 4.42 Å². The number of fused-ring (bicyclic) bond motifs is 1. The monoisotopic (exact) mass is 210 g/mol. The smallest absolute Gasteiger partial charge is 0.379 e. The van der Waals surface area contributed by atoms with Gasteiger partial charge in [0.2, 0.25) is 12.0 Å². The molecule has 1 aromatic carbocycles. The second-order valence-electron chi connectivity index (χ2n) is 3.91. The van der Waals surface area contributed by atoms with Gasteiger partial charge in [-0.1, -0.05) is 29.8 Å². The molecule has 0 radical (unpaired) electrons. The highest BCUT2D eigenvalue weighted by Crippen LogP contribution is 2.20. The second-order valence-corrected chi connectivity index (χ2v) is 3.91. The number of benzene rings is 1. The molecule has 0 unspecified atom stereocenters. The van der Waals surface area contributed by atoms with Crippen LogP contribution in [0.1, 0.15) is 5.56 Å². The summed E-state index contributed by atoms with van der Waals surface area (Å²) in [5, 5.41) is 0. The summed E-state index contributed by atoms with van der Waals surface area (Å²) < 4.78 is 7.74. The summed E-state index contributed by atoms with van der Waals surface area (Å²) in [6.45, 7) is 2.08. The number of hydrogen-bond donors (Lipinski definition) is 0. The molecule has 2 nitrogen and oxygen atoms in total. The molecule has 0 saturated carbocycles. The fourth-order valence-corrected chi connectivity index (χ4v) is 1.75. The molecule has 0 amide bonds. The third kappa shape index (κ3) is 1.48. The predicted molar refractivity (Wildman–Crippen MR) is 62.0 cm³/mol. The highest BCUT2D eigenvalue weighted by Gasteiger charge is 2.11.